The zero-order chi connectivity index (χ0) is 21.4. The molecular formula is C25H25N3O3. The Hall–Kier alpha value is -3.54. The van der Waals surface area contributed by atoms with Crippen LogP contribution >= 0.6 is 0 Å². The predicted molar refractivity (Wildman–Crippen MR) is 121 cm³/mol. The lowest BCUT2D eigenvalue weighted by atomic mass is 10.0. The third-order valence-corrected chi connectivity index (χ3v) is 6.08. The average molecular weight is 415 g/mol. The van der Waals surface area contributed by atoms with Crippen LogP contribution in [0.2, 0.25) is 0 Å². The van der Waals surface area contributed by atoms with Crippen LogP contribution in [0, 0.1) is 0 Å². The van der Waals surface area contributed by atoms with E-state index in [1.807, 2.05) is 30.3 Å². The number of fused-ring (bicyclic) bond motifs is 4. The Kier molecular flexibility index (Phi) is 4.98. The second kappa shape index (κ2) is 7.95. The number of esters is 1. The molecule has 31 heavy (non-hydrogen) atoms. The number of hydrogen-bond donors (Lipinski definition) is 2. The number of para-hydroxylation sites is 1. The number of carbonyl (C=O) groups is 2. The van der Waals surface area contributed by atoms with Gasteiger partial charge in [0.05, 0.1) is 17.9 Å². The van der Waals surface area contributed by atoms with Crippen molar-refractivity contribution in [3.8, 4) is 0 Å². The molecule has 158 valence electrons. The number of benzene rings is 2. The molecule has 0 saturated carbocycles. The fourth-order valence-electron chi connectivity index (χ4n) is 4.58. The largest absolute Gasteiger partial charge is 0.462 e. The Morgan fingerprint density at radius 1 is 1.10 bits per heavy atom. The van der Waals surface area contributed by atoms with Gasteiger partial charge in [-0.05, 0) is 67.5 Å². The summed E-state index contributed by atoms with van der Waals surface area (Å²) in [5.41, 5.74) is 6.55. The van der Waals surface area contributed by atoms with Gasteiger partial charge >= 0.3 is 12.0 Å². The first kappa shape index (κ1) is 19.4. The lowest BCUT2D eigenvalue weighted by molar-refractivity contribution is -0.136. The van der Waals surface area contributed by atoms with Gasteiger partial charge in [-0.1, -0.05) is 24.3 Å². The van der Waals surface area contributed by atoms with Crippen molar-refractivity contribution in [1.82, 2.24) is 9.88 Å². The van der Waals surface area contributed by atoms with E-state index < -0.39 is 5.97 Å². The lowest BCUT2D eigenvalue weighted by Gasteiger charge is -2.19. The summed E-state index contributed by atoms with van der Waals surface area (Å²) in [4.78, 5) is 30.8. The van der Waals surface area contributed by atoms with Crippen LogP contribution in [0.3, 0.4) is 0 Å². The number of anilines is 1. The van der Waals surface area contributed by atoms with Gasteiger partial charge in [-0.3, -0.25) is 4.90 Å². The second-order valence-corrected chi connectivity index (χ2v) is 8.00. The van der Waals surface area contributed by atoms with Crippen LogP contribution in [-0.2, 0) is 28.8 Å². The molecule has 0 atom stereocenters. The standard InChI is InChI=1S/C25H25N3O3/c1-2-31-24(29)21-15-28(13-12-20-19-8-3-4-9-22(19)27-23(20)21)25(30)26-18-11-10-16-6-5-7-17(16)14-18/h3-4,8-11,14-15,27H,2,5-7,12-13H2,1H3,(H,26,30). The topological polar surface area (TPSA) is 74.4 Å². The van der Waals surface area contributed by atoms with Crippen molar-refractivity contribution >= 4 is 34.2 Å². The molecule has 0 bridgehead atoms. The zero-order valence-corrected chi connectivity index (χ0v) is 17.5. The molecule has 5 rings (SSSR count). The summed E-state index contributed by atoms with van der Waals surface area (Å²) in [6.45, 7) is 2.52. The fraction of sp³-hybridized carbons (Fsp3) is 0.280. The number of rotatable bonds is 3. The molecule has 2 amide bonds. The van der Waals surface area contributed by atoms with E-state index in [0.717, 1.165) is 47.1 Å². The minimum absolute atomic E-state index is 0.255. The number of nitrogens with zero attached hydrogens (tertiary/aromatic N) is 1. The highest BCUT2D eigenvalue weighted by atomic mass is 16.5. The highest BCUT2D eigenvalue weighted by molar-refractivity contribution is 6.18. The van der Waals surface area contributed by atoms with Gasteiger partial charge in [0.15, 0.2) is 0 Å². The number of ether oxygens (including phenoxy) is 1. The molecule has 0 radical (unpaired) electrons. The van der Waals surface area contributed by atoms with Gasteiger partial charge in [-0.15, -0.1) is 0 Å². The molecule has 6 nitrogen and oxygen atoms in total. The first-order chi connectivity index (χ1) is 15.1. The normalized spacial score (nSPS) is 15.1. The molecule has 2 heterocycles. The minimum Gasteiger partial charge on any atom is -0.462 e. The van der Waals surface area contributed by atoms with Gasteiger partial charge in [0.2, 0.25) is 0 Å². The van der Waals surface area contributed by atoms with E-state index in [0.29, 0.717) is 18.5 Å². The molecule has 3 aromatic rings. The lowest BCUT2D eigenvalue weighted by Crippen LogP contribution is -2.32. The molecule has 0 saturated heterocycles. The SMILES string of the molecule is CCOC(=O)C1=CN(C(=O)Nc2ccc3c(c2)CCC3)CCc2c1[nH]c1ccccc21. The zero-order valence-electron chi connectivity index (χ0n) is 17.5. The number of carbonyl (C=O) groups excluding carboxylic acids is 2. The highest BCUT2D eigenvalue weighted by Gasteiger charge is 2.27. The minimum atomic E-state index is -0.437. The van der Waals surface area contributed by atoms with Crippen LogP contribution in [0.4, 0.5) is 10.5 Å². The summed E-state index contributed by atoms with van der Waals surface area (Å²) in [6.07, 6.45) is 5.57. The molecule has 2 aromatic carbocycles. The maximum Gasteiger partial charge on any atom is 0.341 e. The Labute approximate surface area is 180 Å². The van der Waals surface area contributed by atoms with Gasteiger partial charge in [0.1, 0.15) is 0 Å². The summed E-state index contributed by atoms with van der Waals surface area (Å²) in [6, 6.07) is 13.8. The Morgan fingerprint density at radius 2 is 1.94 bits per heavy atom. The number of hydrogen-bond acceptors (Lipinski definition) is 3. The molecule has 1 aliphatic carbocycles. The van der Waals surface area contributed by atoms with E-state index in [1.165, 1.54) is 11.1 Å². The van der Waals surface area contributed by atoms with Crippen LogP contribution in [0.1, 0.15) is 35.7 Å². The third kappa shape index (κ3) is 3.58. The van der Waals surface area contributed by atoms with Crippen LogP contribution in [0.5, 0.6) is 0 Å². The molecular weight excluding hydrogens is 390 g/mol. The van der Waals surface area contributed by atoms with Crippen LogP contribution in [-0.4, -0.2) is 35.0 Å². The molecule has 2 aliphatic rings. The van der Waals surface area contributed by atoms with Crippen molar-refractivity contribution < 1.29 is 14.3 Å². The van der Waals surface area contributed by atoms with E-state index in [-0.39, 0.29) is 12.6 Å². The van der Waals surface area contributed by atoms with Crippen molar-refractivity contribution in [2.75, 3.05) is 18.5 Å². The maximum absolute atomic E-state index is 13.1. The number of H-pyrrole nitrogens is 1. The predicted octanol–water partition coefficient (Wildman–Crippen LogP) is 4.65. The summed E-state index contributed by atoms with van der Waals surface area (Å²) in [5, 5.41) is 4.06. The summed E-state index contributed by atoms with van der Waals surface area (Å²) < 4.78 is 5.30. The molecule has 0 spiro atoms. The van der Waals surface area contributed by atoms with Crippen LogP contribution in [0.15, 0.2) is 48.7 Å². The highest BCUT2D eigenvalue weighted by Crippen LogP contribution is 2.32. The van der Waals surface area contributed by atoms with Gasteiger partial charge in [0.25, 0.3) is 0 Å². The van der Waals surface area contributed by atoms with Gasteiger partial charge in [0, 0.05) is 29.3 Å². The fourth-order valence-corrected chi connectivity index (χ4v) is 4.58. The van der Waals surface area contributed by atoms with E-state index in [9.17, 15) is 9.59 Å². The summed E-state index contributed by atoms with van der Waals surface area (Å²) in [5.74, 6) is -0.437. The maximum atomic E-state index is 13.1. The van der Waals surface area contributed by atoms with Gasteiger partial charge in [-0.2, -0.15) is 0 Å². The third-order valence-electron chi connectivity index (χ3n) is 6.08. The van der Waals surface area contributed by atoms with Crippen molar-refractivity contribution in [1.29, 1.82) is 0 Å². The second-order valence-electron chi connectivity index (χ2n) is 8.00. The van der Waals surface area contributed by atoms with Crippen molar-refractivity contribution in [2.45, 2.75) is 32.6 Å². The van der Waals surface area contributed by atoms with E-state index in [1.54, 1.807) is 18.0 Å². The van der Waals surface area contributed by atoms with Crippen molar-refractivity contribution in [2.24, 2.45) is 0 Å². The smallest absolute Gasteiger partial charge is 0.341 e. The Morgan fingerprint density at radius 3 is 2.81 bits per heavy atom. The van der Waals surface area contributed by atoms with Crippen molar-refractivity contribution in [3.05, 3.63) is 71.0 Å². The molecule has 0 fully saturated rings. The van der Waals surface area contributed by atoms with Crippen LogP contribution < -0.4 is 5.32 Å². The van der Waals surface area contributed by atoms with Crippen LogP contribution in [0.25, 0.3) is 16.5 Å². The molecule has 0 unspecified atom stereocenters. The number of aryl methyl sites for hydroxylation is 2. The average Bonchev–Trinajstić information content (AvgIpc) is 3.33. The number of amides is 2. The van der Waals surface area contributed by atoms with E-state index in [2.05, 4.69) is 22.4 Å². The van der Waals surface area contributed by atoms with Crippen molar-refractivity contribution in [3.63, 3.8) is 0 Å². The first-order valence-electron chi connectivity index (χ1n) is 10.8. The Balaban J connectivity index is 1.47. The number of aromatic nitrogens is 1. The molecule has 2 N–H and O–H groups in total. The number of urea groups is 1. The Bertz CT molecular complexity index is 1210. The molecule has 1 aromatic heterocycles. The number of nitrogens with one attached hydrogen (secondary N) is 2. The first-order valence-corrected chi connectivity index (χ1v) is 10.8. The van der Waals surface area contributed by atoms with Gasteiger partial charge < -0.3 is 15.0 Å². The molecule has 6 heteroatoms. The van der Waals surface area contributed by atoms with E-state index in [4.69, 9.17) is 4.74 Å². The van der Waals surface area contributed by atoms with E-state index >= 15 is 0 Å². The number of aromatic amines is 1. The van der Waals surface area contributed by atoms with Gasteiger partial charge in [-0.25, -0.2) is 9.59 Å². The monoisotopic (exact) mass is 415 g/mol. The quantitative estimate of drug-likeness (QED) is 0.612. The molecule has 1 aliphatic heterocycles. The summed E-state index contributed by atoms with van der Waals surface area (Å²) >= 11 is 0. The summed E-state index contributed by atoms with van der Waals surface area (Å²) in [7, 11) is 0.